The Labute approximate surface area is 101 Å². The van der Waals surface area contributed by atoms with E-state index in [1.807, 2.05) is 0 Å². The largest absolute Gasteiger partial charge is 0.458 e. The lowest BCUT2D eigenvalue weighted by Crippen LogP contribution is -2.48. The van der Waals surface area contributed by atoms with Crippen LogP contribution in [-0.2, 0) is 19.1 Å². The number of hydrogen-bond acceptors (Lipinski definition) is 4. The molecule has 0 spiro atoms. The van der Waals surface area contributed by atoms with Gasteiger partial charge in [-0.25, -0.2) is 4.79 Å². The first-order valence-electron chi connectivity index (χ1n) is 5.40. The van der Waals surface area contributed by atoms with E-state index in [9.17, 15) is 14.4 Å². The van der Waals surface area contributed by atoms with Crippen molar-refractivity contribution in [1.82, 2.24) is 10.6 Å². The van der Waals surface area contributed by atoms with Gasteiger partial charge in [0.1, 0.15) is 17.7 Å². The second kappa shape index (κ2) is 6.22. The van der Waals surface area contributed by atoms with Crippen LogP contribution in [-0.4, -0.2) is 36.0 Å². The van der Waals surface area contributed by atoms with Crippen LogP contribution in [0.15, 0.2) is 0 Å². The van der Waals surface area contributed by atoms with Crippen LogP contribution < -0.4 is 10.6 Å². The predicted molar refractivity (Wildman–Crippen MR) is 62.1 cm³/mol. The van der Waals surface area contributed by atoms with Crippen molar-refractivity contribution < 1.29 is 19.1 Å². The normalized spacial score (nSPS) is 14.4. The summed E-state index contributed by atoms with van der Waals surface area (Å²) in [5, 5.41) is 4.75. The molecule has 0 aliphatic carbocycles. The molecular weight excluding hydrogens is 224 g/mol. The summed E-state index contributed by atoms with van der Waals surface area (Å²) >= 11 is 0. The number of ether oxygens (including phenoxy) is 1. The fourth-order valence-corrected chi connectivity index (χ4v) is 0.965. The molecule has 0 saturated heterocycles. The SMILES string of the molecule is C[C@H](NC=O)C(=O)N[C@@H](C)C(=O)OC(C)(C)C. The summed E-state index contributed by atoms with van der Waals surface area (Å²) in [6.07, 6.45) is 0.433. The van der Waals surface area contributed by atoms with Gasteiger partial charge in [-0.1, -0.05) is 0 Å². The van der Waals surface area contributed by atoms with Crippen molar-refractivity contribution in [1.29, 1.82) is 0 Å². The number of rotatable bonds is 5. The van der Waals surface area contributed by atoms with Crippen molar-refractivity contribution in [2.75, 3.05) is 0 Å². The zero-order valence-electron chi connectivity index (χ0n) is 10.9. The van der Waals surface area contributed by atoms with Gasteiger partial charge < -0.3 is 15.4 Å². The number of carbonyl (C=O) groups excluding carboxylic acids is 3. The van der Waals surface area contributed by atoms with Crippen LogP contribution in [0.4, 0.5) is 0 Å². The first-order chi connectivity index (χ1) is 7.67. The van der Waals surface area contributed by atoms with Gasteiger partial charge in [0.2, 0.25) is 12.3 Å². The molecule has 0 rings (SSSR count). The number of nitrogens with one attached hydrogen (secondary N) is 2. The number of hydrogen-bond donors (Lipinski definition) is 2. The van der Waals surface area contributed by atoms with Gasteiger partial charge in [-0.2, -0.15) is 0 Å². The standard InChI is InChI=1S/C11H20N2O4/c1-7(12-6-14)9(15)13-8(2)10(16)17-11(3,4)5/h6-8H,1-5H3,(H,12,14)(H,13,15)/t7-,8-/m0/s1. The topological polar surface area (TPSA) is 84.5 Å². The van der Waals surface area contributed by atoms with Gasteiger partial charge in [0.15, 0.2) is 0 Å². The van der Waals surface area contributed by atoms with Crippen LogP contribution in [0.2, 0.25) is 0 Å². The van der Waals surface area contributed by atoms with Crippen LogP contribution in [0.3, 0.4) is 0 Å². The van der Waals surface area contributed by atoms with Gasteiger partial charge in [0.25, 0.3) is 0 Å². The fraction of sp³-hybridized carbons (Fsp3) is 0.727. The minimum Gasteiger partial charge on any atom is -0.458 e. The molecule has 2 amide bonds. The van der Waals surface area contributed by atoms with Crippen LogP contribution in [0.25, 0.3) is 0 Å². The van der Waals surface area contributed by atoms with E-state index in [2.05, 4.69) is 10.6 Å². The Balaban J connectivity index is 4.25. The van der Waals surface area contributed by atoms with E-state index in [-0.39, 0.29) is 0 Å². The molecule has 17 heavy (non-hydrogen) atoms. The smallest absolute Gasteiger partial charge is 0.328 e. The molecule has 2 atom stereocenters. The highest BCUT2D eigenvalue weighted by atomic mass is 16.6. The summed E-state index contributed by atoms with van der Waals surface area (Å²) in [7, 11) is 0. The zero-order valence-corrected chi connectivity index (χ0v) is 10.9. The van der Waals surface area contributed by atoms with Crippen LogP contribution in [0.5, 0.6) is 0 Å². The summed E-state index contributed by atoms with van der Waals surface area (Å²) in [6, 6.07) is -1.44. The third-order valence-corrected chi connectivity index (χ3v) is 1.83. The molecule has 0 bridgehead atoms. The first kappa shape index (κ1) is 15.4. The molecule has 6 heteroatoms. The highest BCUT2D eigenvalue weighted by molar-refractivity contribution is 5.88. The highest BCUT2D eigenvalue weighted by Crippen LogP contribution is 2.08. The first-order valence-corrected chi connectivity index (χ1v) is 5.40. The van der Waals surface area contributed by atoms with E-state index in [0.29, 0.717) is 6.41 Å². The maximum Gasteiger partial charge on any atom is 0.328 e. The summed E-state index contributed by atoms with van der Waals surface area (Å²) in [4.78, 5) is 33.2. The molecule has 0 heterocycles. The van der Waals surface area contributed by atoms with E-state index < -0.39 is 29.6 Å². The third kappa shape index (κ3) is 6.55. The molecule has 0 fully saturated rings. The van der Waals surface area contributed by atoms with Crippen LogP contribution in [0, 0.1) is 0 Å². The molecule has 0 aromatic carbocycles. The Bertz CT molecular complexity index is 296. The van der Waals surface area contributed by atoms with Gasteiger partial charge in [-0.3, -0.25) is 9.59 Å². The lowest BCUT2D eigenvalue weighted by Gasteiger charge is -2.23. The second-order valence-electron chi connectivity index (χ2n) is 4.77. The minimum atomic E-state index is -0.752. The van der Waals surface area contributed by atoms with Gasteiger partial charge in [-0.15, -0.1) is 0 Å². The Hall–Kier alpha value is -1.59. The van der Waals surface area contributed by atoms with Crippen molar-refractivity contribution in [3.05, 3.63) is 0 Å². The van der Waals surface area contributed by atoms with Crippen molar-refractivity contribution in [3.63, 3.8) is 0 Å². The van der Waals surface area contributed by atoms with Crippen molar-refractivity contribution in [2.24, 2.45) is 0 Å². The molecule has 0 saturated carbocycles. The van der Waals surface area contributed by atoms with E-state index >= 15 is 0 Å². The maximum absolute atomic E-state index is 11.5. The monoisotopic (exact) mass is 244 g/mol. The lowest BCUT2D eigenvalue weighted by molar-refractivity contribution is -0.158. The Morgan fingerprint density at radius 3 is 2.12 bits per heavy atom. The number of esters is 1. The Morgan fingerprint density at radius 1 is 1.18 bits per heavy atom. The number of amides is 2. The van der Waals surface area contributed by atoms with Gasteiger partial charge in [-0.05, 0) is 34.6 Å². The molecule has 98 valence electrons. The molecule has 0 aliphatic heterocycles. The molecule has 0 aromatic heterocycles. The van der Waals surface area contributed by atoms with Crippen molar-refractivity contribution in [2.45, 2.75) is 52.3 Å². The summed E-state index contributed by atoms with van der Waals surface area (Å²) < 4.78 is 5.10. The van der Waals surface area contributed by atoms with Crippen molar-refractivity contribution >= 4 is 18.3 Å². The quantitative estimate of drug-likeness (QED) is 0.525. The molecule has 0 radical (unpaired) electrons. The molecule has 6 nitrogen and oxygen atoms in total. The van der Waals surface area contributed by atoms with Gasteiger partial charge >= 0.3 is 5.97 Å². The minimum absolute atomic E-state index is 0.433. The van der Waals surface area contributed by atoms with Gasteiger partial charge in [0.05, 0.1) is 0 Å². The highest BCUT2D eigenvalue weighted by Gasteiger charge is 2.24. The van der Waals surface area contributed by atoms with Crippen molar-refractivity contribution in [3.8, 4) is 0 Å². The molecule has 0 unspecified atom stereocenters. The fourth-order valence-electron chi connectivity index (χ4n) is 0.965. The predicted octanol–water partition coefficient (Wildman–Crippen LogP) is -0.0327. The summed E-state index contributed by atoms with van der Waals surface area (Å²) in [6.45, 7) is 8.28. The second-order valence-corrected chi connectivity index (χ2v) is 4.77. The average Bonchev–Trinajstić information content (AvgIpc) is 2.15. The van der Waals surface area contributed by atoms with Crippen LogP contribution in [0.1, 0.15) is 34.6 Å². The maximum atomic E-state index is 11.5. The zero-order chi connectivity index (χ0) is 13.6. The third-order valence-electron chi connectivity index (χ3n) is 1.83. The molecule has 2 N–H and O–H groups in total. The summed E-state index contributed by atoms with van der Waals surface area (Å²) in [5.74, 6) is -0.945. The van der Waals surface area contributed by atoms with Crippen LogP contribution >= 0.6 is 0 Å². The summed E-state index contributed by atoms with van der Waals surface area (Å²) in [5.41, 5.74) is -0.595. The average molecular weight is 244 g/mol. The molecule has 0 aliphatic rings. The van der Waals surface area contributed by atoms with E-state index in [0.717, 1.165) is 0 Å². The van der Waals surface area contributed by atoms with E-state index in [1.54, 1.807) is 20.8 Å². The molecule has 0 aromatic rings. The molecular formula is C11H20N2O4. The Kier molecular flexibility index (Phi) is 5.64. The van der Waals surface area contributed by atoms with Gasteiger partial charge in [0, 0.05) is 0 Å². The van der Waals surface area contributed by atoms with E-state index in [1.165, 1.54) is 13.8 Å². The Morgan fingerprint density at radius 2 is 1.71 bits per heavy atom. The number of carbonyl (C=O) groups is 3. The van der Waals surface area contributed by atoms with E-state index in [4.69, 9.17) is 4.74 Å². The lowest BCUT2D eigenvalue weighted by atomic mass is 10.2.